The number of nitrogens with one attached hydrogen (secondary N) is 1. The molecule has 1 aromatic rings. The van der Waals surface area contributed by atoms with Crippen molar-refractivity contribution in [3.8, 4) is 5.75 Å². The molecule has 0 aromatic heterocycles. The monoisotopic (exact) mass is 265 g/mol. The number of carbonyl (C=O) groups excluding carboxylic acids is 1. The van der Waals surface area contributed by atoms with Gasteiger partial charge in [0.2, 0.25) is 5.91 Å². The molecule has 3 N–H and O–H groups in total. The van der Waals surface area contributed by atoms with Gasteiger partial charge in [0, 0.05) is 38.7 Å². The standard InChI is InChI=1S/C14H23N3O2/c1-16-14(18)7-8-17(2)9-10-19-13-6-4-3-5-12(13)11-15/h3-6H,7-11,15H2,1-2H3,(H,16,18). The second kappa shape index (κ2) is 8.50. The summed E-state index contributed by atoms with van der Waals surface area (Å²) in [6, 6.07) is 7.77. The summed E-state index contributed by atoms with van der Waals surface area (Å²) in [6.07, 6.45) is 0.506. The van der Waals surface area contributed by atoms with E-state index >= 15 is 0 Å². The highest BCUT2D eigenvalue weighted by atomic mass is 16.5. The molecule has 0 saturated carbocycles. The van der Waals surface area contributed by atoms with Crippen molar-refractivity contribution in [3.63, 3.8) is 0 Å². The molecule has 1 aromatic carbocycles. The Morgan fingerprint density at radius 2 is 2.11 bits per heavy atom. The van der Waals surface area contributed by atoms with Crippen LogP contribution in [-0.2, 0) is 11.3 Å². The number of ether oxygens (including phenoxy) is 1. The van der Waals surface area contributed by atoms with Gasteiger partial charge >= 0.3 is 0 Å². The van der Waals surface area contributed by atoms with Gasteiger partial charge in [0.05, 0.1) is 0 Å². The average Bonchev–Trinajstić information content (AvgIpc) is 2.45. The Labute approximate surface area is 114 Å². The largest absolute Gasteiger partial charge is 0.492 e. The van der Waals surface area contributed by atoms with Crippen LogP contribution in [-0.4, -0.2) is 44.6 Å². The Balaban J connectivity index is 2.27. The molecule has 0 aliphatic heterocycles. The first-order valence-corrected chi connectivity index (χ1v) is 6.47. The molecular formula is C14H23N3O2. The van der Waals surface area contributed by atoms with Crippen molar-refractivity contribution in [1.82, 2.24) is 10.2 Å². The lowest BCUT2D eigenvalue weighted by molar-refractivity contribution is -0.120. The van der Waals surface area contributed by atoms with Crippen LogP contribution in [0.25, 0.3) is 0 Å². The lowest BCUT2D eigenvalue weighted by Crippen LogP contribution is -2.29. The zero-order valence-electron chi connectivity index (χ0n) is 11.7. The number of nitrogens with zero attached hydrogens (tertiary/aromatic N) is 1. The van der Waals surface area contributed by atoms with E-state index in [9.17, 15) is 4.79 Å². The van der Waals surface area contributed by atoms with E-state index < -0.39 is 0 Å². The van der Waals surface area contributed by atoms with Crippen molar-refractivity contribution in [2.24, 2.45) is 5.73 Å². The molecule has 19 heavy (non-hydrogen) atoms. The normalized spacial score (nSPS) is 10.5. The van der Waals surface area contributed by atoms with Crippen LogP contribution in [0.5, 0.6) is 5.75 Å². The van der Waals surface area contributed by atoms with Crippen molar-refractivity contribution >= 4 is 5.91 Å². The molecule has 106 valence electrons. The van der Waals surface area contributed by atoms with E-state index in [0.717, 1.165) is 24.4 Å². The highest BCUT2D eigenvalue weighted by Crippen LogP contribution is 2.16. The third-order valence-electron chi connectivity index (χ3n) is 2.92. The van der Waals surface area contributed by atoms with Gasteiger partial charge in [0.25, 0.3) is 0 Å². The van der Waals surface area contributed by atoms with Gasteiger partial charge in [-0.15, -0.1) is 0 Å². The van der Waals surface area contributed by atoms with Gasteiger partial charge in [-0.2, -0.15) is 0 Å². The van der Waals surface area contributed by atoms with E-state index in [1.165, 1.54) is 0 Å². The highest BCUT2D eigenvalue weighted by molar-refractivity contribution is 5.75. The zero-order chi connectivity index (χ0) is 14.1. The second-order valence-corrected chi connectivity index (χ2v) is 4.39. The average molecular weight is 265 g/mol. The molecule has 1 rings (SSSR count). The Morgan fingerprint density at radius 1 is 1.37 bits per heavy atom. The summed E-state index contributed by atoms with van der Waals surface area (Å²) in [5, 5.41) is 2.61. The fraction of sp³-hybridized carbons (Fsp3) is 0.500. The molecule has 0 spiro atoms. The molecule has 0 unspecified atom stereocenters. The molecule has 0 atom stereocenters. The third-order valence-corrected chi connectivity index (χ3v) is 2.92. The Kier molecular flexibility index (Phi) is 6.92. The number of likely N-dealkylation sites (N-methyl/N-ethyl adjacent to an activating group) is 1. The van der Waals surface area contributed by atoms with Gasteiger partial charge in [-0.1, -0.05) is 18.2 Å². The van der Waals surface area contributed by atoms with Crippen molar-refractivity contribution in [2.75, 3.05) is 33.8 Å². The summed E-state index contributed by atoms with van der Waals surface area (Å²) in [4.78, 5) is 13.2. The number of hydrogen-bond donors (Lipinski definition) is 2. The minimum Gasteiger partial charge on any atom is -0.492 e. The van der Waals surface area contributed by atoms with Crippen LogP contribution in [0.4, 0.5) is 0 Å². The summed E-state index contributed by atoms with van der Waals surface area (Å²) in [5.74, 6) is 0.894. The number of benzene rings is 1. The first kappa shape index (κ1) is 15.5. The predicted octanol–water partition coefficient (Wildman–Crippen LogP) is 0.592. The summed E-state index contributed by atoms with van der Waals surface area (Å²) in [5.41, 5.74) is 6.65. The number of carbonyl (C=O) groups is 1. The SMILES string of the molecule is CNC(=O)CCN(C)CCOc1ccccc1CN. The Bertz CT molecular complexity index is 396. The highest BCUT2D eigenvalue weighted by Gasteiger charge is 2.04. The predicted molar refractivity (Wildman–Crippen MR) is 76.0 cm³/mol. The number of amides is 1. The van der Waals surface area contributed by atoms with Crippen molar-refractivity contribution in [3.05, 3.63) is 29.8 Å². The van der Waals surface area contributed by atoms with Gasteiger partial charge in [0.15, 0.2) is 0 Å². The molecule has 5 heteroatoms. The molecule has 0 aliphatic carbocycles. The van der Waals surface area contributed by atoms with Gasteiger partial charge in [-0.3, -0.25) is 4.79 Å². The molecule has 0 fully saturated rings. The van der Waals surface area contributed by atoms with Crippen molar-refractivity contribution < 1.29 is 9.53 Å². The molecule has 0 heterocycles. The Morgan fingerprint density at radius 3 is 2.79 bits per heavy atom. The smallest absolute Gasteiger partial charge is 0.221 e. The number of rotatable bonds is 8. The quantitative estimate of drug-likeness (QED) is 0.722. The van der Waals surface area contributed by atoms with E-state index in [0.29, 0.717) is 19.6 Å². The molecule has 5 nitrogen and oxygen atoms in total. The van der Waals surface area contributed by atoms with Crippen LogP contribution in [0, 0.1) is 0 Å². The van der Waals surface area contributed by atoms with E-state index in [1.54, 1.807) is 7.05 Å². The first-order chi connectivity index (χ1) is 9.17. The molecule has 0 aliphatic rings. The summed E-state index contributed by atoms with van der Waals surface area (Å²) in [6.45, 7) is 2.56. The number of nitrogens with two attached hydrogens (primary N) is 1. The minimum absolute atomic E-state index is 0.0567. The summed E-state index contributed by atoms with van der Waals surface area (Å²) in [7, 11) is 3.62. The van der Waals surface area contributed by atoms with E-state index in [-0.39, 0.29) is 5.91 Å². The van der Waals surface area contributed by atoms with Gasteiger partial charge in [0.1, 0.15) is 12.4 Å². The molecule has 0 bridgehead atoms. The van der Waals surface area contributed by atoms with Crippen LogP contribution in [0.1, 0.15) is 12.0 Å². The van der Waals surface area contributed by atoms with E-state index in [2.05, 4.69) is 10.2 Å². The van der Waals surface area contributed by atoms with Gasteiger partial charge < -0.3 is 20.7 Å². The molecule has 0 saturated heterocycles. The van der Waals surface area contributed by atoms with Crippen molar-refractivity contribution in [1.29, 1.82) is 0 Å². The maximum Gasteiger partial charge on any atom is 0.221 e. The van der Waals surface area contributed by atoms with E-state index in [1.807, 2.05) is 31.3 Å². The number of para-hydroxylation sites is 1. The fourth-order valence-corrected chi connectivity index (χ4v) is 1.65. The molecule has 0 radical (unpaired) electrons. The van der Waals surface area contributed by atoms with Crippen molar-refractivity contribution in [2.45, 2.75) is 13.0 Å². The third kappa shape index (κ3) is 5.72. The fourth-order valence-electron chi connectivity index (χ4n) is 1.65. The summed E-state index contributed by atoms with van der Waals surface area (Å²) >= 11 is 0. The maximum absolute atomic E-state index is 11.1. The van der Waals surface area contributed by atoms with Gasteiger partial charge in [-0.25, -0.2) is 0 Å². The van der Waals surface area contributed by atoms with Crippen LogP contribution >= 0.6 is 0 Å². The zero-order valence-corrected chi connectivity index (χ0v) is 11.7. The molecule has 1 amide bonds. The lowest BCUT2D eigenvalue weighted by Gasteiger charge is -2.17. The second-order valence-electron chi connectivity index (χ2n) is 4.39. The van der Waals surface area contributed by atoms with Crippen LogP contribution < -0.4 is 15.8 Å². The van der Waals surface area contributed by atoms with Crippen LogP contribution in [0.2, 0.25) is 0 Å². The topological polar surface area (TPSA) is 67.6 Å². The Hall–Kier alpha value is -1.59. The summed E-state index contributed by atoms with van der Waals surface area (Å²) < 4.78 is 5.71. The van der Waals surface area contributed by atoms with E-state index in [4.69, 9.17) is 10.5 Å². The lowest BCUT2D eigenvalue weighted by atomic mass is 10.2. The van der Waals surface area contributed by atoms with Crippen LogP contribution in [0.3, 0.4) is 0 Å². The van der Waals surface area contributed by atoms with Crippen LogP contribution in [0.15, 0.2) is 24.3 Å². The minimum atomic E-state index is 0.0567. The first-order valence-electron chi connectivity index (χ1n) is 6.47. The molecular weight excluding hydrogens is 242 g/mol. The van der Waals surface area contributed by atoms with Gasteiger partial charge in [-0.05, 0) is 13.1 Å². The maximum atomic E-state index is 11.1. The number of hydrogen-bond acceptors (Lipinski definition) is 4.